The van der Waals surface area contributed by atoms with Crippen molar-refractivity contribution in [3.05, 3.63) is 114 Å². The van der Waals surface area contributed by atoms with Gasteiger partial charge in [0, 0.05) is 54.3 Å². The van der Waals surface area contributed by atoms with Gasteiger partial charge in [0.15, 0.2) is 0 Å². The van der Waals surface area contributed by atoms with Crippen molar-refractivity contribution in [1.29, 1.82) is 0 Å². The number of fused-ring (bicyclic) bond motifs is 6. The first kappa shape index (κ1) is 19.8. The second kappa shape index (κ2) is 8.23. The fraction of sp³-hybridized carbons (Fsp3) is 0. The number of aromatic amines is 2. The Morgan fingerprint density at radius 1 is 0.545 bits per heavy atom. The monoisotopic (exact) mass is 489 g/mol. The van der Waals surface area contributed by atoms with Gasteiger partial charge in [0.25, 0.3) is 0 Å². The quantitative estimate of drug-likeness (QED) is 0.238. The van der Waals surface area contributed by atoms with Gasteiger partial charge >= 0.3 is 0 Å². The molecule has 33 heavy (non-hydrogen) atoms. The Bertz CT molecular complexity index is 1730. The highest BCUT2D eigenvalue weighted by Crippen LogP contribution is 2.32. The SMILES string of the molecule is Brc1ccc2[nH]c3ccccc3c2c1.c1ccc(-c2cccc3c2[nH]c2ccccc23)nc1. The fourth-order valence-corrected chi connectivity index (χ4v) is 4.79. The highest BCUT2D eigenvalue weighted by molar-refractivity contribution is 9.10. The topological polar surface area (TPSA) is 44.5 Å². The molecule has 0 atom stereocenters. The van der Waals surface area contributed by atoms with E-state index in [2.05, 4.69) is 110 Å². The molecular formula is C29H20BrN3. The van der Waals surface area contributed by atoms with Gasteiger partial charge in [-0.1, -0.05) is 76.6 Å². The molecule has 4 heteroatoms. The number of rotatable bonds is 1. The summed E-state index contributed by atoms with van der Waals surface area (Å²) in [6.07, 6.45) is 1.83. The molecule has 0 unspecified atom stereocenters. The van der Waals surface area contributed by atoms with Crippen LogP contribution in [0.2, 0.25) is 0 Å². The number of nitrogens with one attached hydrogen (secondary N) is 2. The zero-order chi connectivity index (χ0) is 22.2. The van der Waals surface area contributed by atoms with Crippen molar-refractivity contribution >= 4 is 59.5 Å². The molecule has 0 aliphatic rings. The lowest BCUT2D eigenvalue weighted by molar-refractivity contribution is 1.33. The predicted molar refractivity (Wildman–Crippen MR) is 143 cm³/mol. The summed E-state index contributed by atoms with van der Waals surface area (Å²) < 4.78 is 1.12. The molecule has 0 fully saturated rings. The van der Waals surface area contributed by atoms with Crippen molar-refractivity contribution < 1.29 is 0 Å². The summed E-state index contributed by atoms with van der Waals surface area (Å²) >= 11 is 3.49. The van der Waals surface area contributed by atoms with E-state index < -0.39 is 0 Å². The number of halogens is 1. The van der Waals surface area contributed by atoms with Gasteiger partial charge in [-0.15, -0.1) is 0 Å². The van der Waals surface area contributed by atoms with Crippen LogP contribution in [0.15, 0.2) is 114 Å². The molecule has 7 aromatic rings. The highest BCUT2D eigenvalue weighted by atomic mass is 79.9. The Morgan fingerprint density at radius 2 is 1.21 bits per heavy atom. The first-order valence-electron chi connectivity index (χ1n) is 10.8. The molecule has 0 saturated carbocycles. The maximum absolute atomic E-state index is 4.45. The number of H-pyrrole nitrogens is 2. The van der Waals surface area contributed by atoms with E-state index in [0.717, 1.165) is 21.2 Å². The molecule has 3 aromatic heterocycles. The van der Waals surface area contributed by atoms with Crippen LogP contribution in [0.1, 0.15) is 0 Å². The summed E-state index contributed by atoms with van der Waals surface area (Å²) in [6, 6.07) is 35.4. The van der Waals surface area contributed by atoms with Crippen molar-refractivity contribution in [3.8, 4) is 11.3 Å². The van der Waals surface area contributed by atoms with Gasteiger partial charge in [-0.05, 0) is 42.5 Å². The largest absolute Gasteiger partial charge is 0.355 e. The van der Waals surface area contributed by atoms with Crippen LogP contribution in [0.5, 0.6) is 0 Å². The third-order valence-corrected chi connectivity index (χ3v) is 6.44. The number of para-hydroxylation sites is 3. The van der Waals surface area contributed by atoms with E-state index >= 15 is 0 Å². The number of pyridine rings is 1. The molecule has 0 bridgehead atoms. The van der Waals surface area contributed by atoms with E-state index in [0.29, 0.717) is 0 Å². The molecule has 158 valence electrons. The molecule has 3 nitrogen and oxygen atoms in total. The number of benzene rings is 4. The molecule has 4 aromatic carbocycles. The molecule has 0 aliphatic carbocycles. The van der Waals surface area contributed by atoms with Crippen LogP contribution in [0.25, 0.3) is 54.9 Å². The van der Waals surface area contributed by atoms with Crippen molar-refractivity contribution in [2.24, 2.45) is 0 Å². The lowest BCUT2D eigenvalue weighted by atomic mass is 10.1. The Morgan fingerprint density at radius 3 is 2.00 bits per heavy atom. The highest BCUT2D eigenvalue weighted by Gasteiger charge is 2.09. The van der Waals surface area contributed by atoms with Gasteiger partial charge in [-0.25, -0.2) is 0 Å². The summed E-state index contributed by atoms with van der Waals surface area (Å²) in [5, 5.41) is 5.06. The molecular weight excluding hydrogens is 470 g/mol. The van der Waals surface area contributed by atoms with Gasteiger partial charge in [-0.2, -0.15) is 0 Å². The summed E-state index contributed by atoms with van der Waals surface area (Å²) in [5.41, 5.74) is 6.85. The summed E-state index contributed by atoms with van der Waals surface area (Å²) in [5.74, 6) is 0. The van der Waals surface area contributed by atoms with E-state index in [9.17, 15) is 0 Å². The molecule has 0 aliphatic heterocycles. The average Bonchev–Trinajstić information content (AvgIpc) is 3.43. The first-order chi connectivity index (χ1) is 16.3. The smallest absolute Gasteiger partial charge is 0.0723 e. The van der Waals surface area contributed by atoms with Gasteiger partial charge in [0.1, 0.15) is 0 Å². The van der Waals surface area contributed by atoms with E-state index in [1.165, 1.54) is 38.1 Å². The number of hydrogen-bond donors (Lipinski definition) is 2. The van der Waals surface area contributed by atoms with Crippen molar-refractivity contribution in [2.45, 2.75) is 0 Å². The van der Waals surface area contributed by atoms with Gasteiger partial charge < -0.3 is 9.97 Å². The summed E-state index contributed by atoms with van der Waals surface area (Å²) in [4.78, 5) is 11.3. The summed E-state index contributed by atoms with van der Waals surface area (Å²) in [6.45, 7) is 0. The van der Waals surface area contributed by atoms with E-state index in [-0.39, 0.29) is 0 Å². The van der Waals surface area contributed by atoms with Crippen LogP contribution in [-0.2, 0) is 0 Å². The third kappa shape index (κ3) is 3.59. The van der Waals surface area contributed by atoms with Crippen LogP contribution < -0.4 is 0 Å². The lowest BCUT2D eigenvalue weighted by Crippen LogP contribution is -1.83. The normalized spacial score (nSPS) is 11.2. The van der Waals surface area contributed by atoms with Gasteiger partial charge in [-0.3, -0.25) is 4.98 Å². The molecule has 0 spiro atoms. The Balaban J connectivity index is 0.000000131. The third-order valence-electron chi connectivity index (χ3n) is 5.95. The number of hydrogen-bond acceptors (Lipinski definition) is 1. The van der Waals surface area contributed by atoms with Crippen LogP contribution in [-0.4, -0.2) is 15.0 Å². The average molecular weight is 490 g/mol. The summed E-state index contributed by atoms with van der Waals surface area (Å²) in [7, 11) is 0. The second-order valence-corrected chi connectivity index (χ2v) is 8.89. The van der Waals surface area contributed by atoms with Crippen molar-refractivity contribution in [1.82, 2.24) is 15.0 Å². The molecule has 2 N–H and O–H groups in total. The fourth-order valence-electron chi connectivity index (χ4n) is 4.43. The zero-order valence-corrected chi connectivity index (χ0v) is 19.3. The standard InChI is InChI=1S/C17H12N2.C12H8BrN/c1-2-10-16-12(6-1)13-7-5-8-14(17(13)19-16)15-9-3-4-11-18-15;13-8-5-6-12-10(7-8)9-3-1-2-4-11(9)14-12/h1-11,19H;1-7,14H. The Kier molecular flexibility index (Phi) is 4.93. The van der Waals surface area contributed by atoms with E-state index in [4.69, 9.17) is 0 Å². The minimum absolute atomic E-state index is 1.000. The minimum Gasteiger partial charge on any atom is -0.355 e. The number of nitrogens with zero attached hydrogens (tertiary/aromatic N) is 1. The van der Waals surface area contributed by atoms with Crippen LogP contribution in [0.3, 0.4) is 0 Å². The first-order valence-corrected chi connectivity index (χ1v) is 11.6. The van der Waals surface area contributed by atoms with Crippen LogP contribution in [0.4, 0.5) is 0 Å². The second-order valence-electron chi connectivity index (χ2n) is 7.97. The van der Waals surface area contributed by atoms with Crippen molar-refractivity contribution in [2.75, 3.05) is 0 Å². The predicted octanol–water partition coefficient (Wildman–Crippen LogP) is 8.47. The Hall–Kier alpha value is -3.89. The molecule has 0 radical (unpaired) electrons. The maximum Gasteiger partial charge on any atom is 0.0723 e. The van der Waals surface area contributed by atoms with Crippen molar-refractivity contribution in [3.63, 3.8) is 0 Å². The molecule has 0 amide bonds. The lowest BCUT2D eigenvalue weighted by Gasteiger charge is -2.02. The van der Waals surface area contributed by atoms with Gasteiger partial charge in [0.2, 0.25) is 0 Å². The van der Waals surface area contributed by atoms with Gasteiger partial charge in [0.05, 0.1) is 11.2 Å². The zero-order valence-electron chi connectivity index (χ0n) is 17.7. The van der Waals surface area contributed by atoms with Crippen LogP contribution in [0, 0.1) is 0 Å². The number of aromatic nitrogens is 3. The maximum atomic E-state index is 4.45. The van der Waals surface area contributed by atoms with Crippen LogP contribution >= 0.6 is 15.9 Å². The molecule has 7 rings (SSSR count). The molecule has 0 saturated heterocycles. The Labute approximate surface area is 199 Å². The minimum atomic E-state index is 1.000. The van der Waals surface area contributed by atoms with E-state index in [1.807, 2.05) is 30.5 Å². The molecule has 3 heterocycles. The van der Waals surface area contributed by atoms with E-state index in [1.54, 1.807) is 0 Å².